The molecule has 0 aliphatic heterocycles. The molecule has 0 radical (unpaired) electrons. The molecule has 3 nitrogen and oxygen atoms in total. The van der Waals surface area contributed by atoms with Crippen molar-refractivity contribution in [3.05, 3.63) is 36.2 Å². The lowest BCUT2D eigenvalue weighted by atomic mass is 9.94. The first-order chi connectivity index (χ1) is 11.3. The van der Waals surface area contributed by atoms with Crippen molar-refractivity contribution >= 4 is 0 Å². The normalized spacial score (nSPS) is 17.2. The first kappa shape index (κ1) is 16.9. The third kappa shape index (κ3) is 2.89. The molecule has 0 spiro atoms. The summed E-state index contributed by atoms with van der Waals surface area (Å²) in [6.45, 7) is 0. The molecule has 1 aromatic heterocycles. The average molecular weight is 345 g/mol. The molecule has 8 heteroatoms. The summed E-state index contributed by atoms with van der Waals surface area (Å²) in [7, 11) is 0. The van der Waals surface area contributed by atoms with Crippen LogP contribution in [-0.4, -0.2) is 20.9 Å². The molecule has 0 N–H and O–H groups in total. The first-order valence-electron chi connectivity index (χ1n) is 7.77. The molecule has 1 heterocycles. The molecule has 3 rings (SSSR count). The van der Waals surface area contributed by atoms with Gasteiger partial charge >= 0.3 is 12.1 Å². The van der Waals surface area contributed by atoms with Gasteiger partial charge in [-0.1, -0.05) is 49.6 Å². The van der Waals surface area contributed by atoms with Gasteiger partial charge < -0.3 is 4.57 Å². The molecular weight excluding hydrogens is 329 g/mol. The molecule has 0 bridgehead atoms. The number of halogens is 5. The van der Waals surface area contributed by atoms with E-state index in [9.17, 15) is 22.0 Å². The number of hydrogen-bond acceptors (Lipinski definition) is 2. The monoisotopic (exact) mass is 345 g/mol. The lowest BCUT2D eigenvalue weighted by Gasteiger charge is -2.28. The summed E-state index contributed by atoms with van der Waals surface area (Å²) < 4.78 is 67.5. The van der Waals surface area contributed by atoms with Crippen LogP contribution in [0.25, 0.3) is 11.4 Å². The van der Waals surface area contributed by atoms with Gasteiger partial charge in [0.1, 0.15) is 0 Å². The molecule has 1 saturated carbocycles. The van der Waals surface area contributed by atoms with Crippen molar-refractivity contribution in [2.75, 3.05) is 0 Å². The summed E-state index contributed by atoms with van der Waals surface area (Å²) in [5.41, 5.74) is 0.472. The highest BCUT2D eigenvalue weighted by Crippen LogP contribution is 2.45. The number of nitrogens with zero attached hydrogens (tertiary/aromatic N) is 3. The Morgan fingerprint density at radius 2 is 1.50 bits per heavy atom. The molecule has 130 valence electrons. The number of benzene rings is 1. The van der Waals surface area contributed by atoms with E-state index in [2.05, 4.69) is 10.2 Å². The maximum absolute atomic E-state index is 14.0. The summed E-state index contributed by atoms with van der Waals surface area (Å²) in [5.74, 6) is -6.30. The Morgan fingerprint density at radius 3 is 2.08 bits per heavy atom. The van der Waals surface area contributed by atoms with E-state index in [-0.39, 0.29) is 5.82 Å². The zero-order valence-electron chi connectivity index (χ0n) is 12.7. The van der Waals surface area contributed by atoms with E-state index in [1.54, 1.807) is 30.3 Å². The lowest BCUT2D eigenvalue weighted by molar-refractivity contribution is -0.293. The fourth-order valence-electron chi connectivity index (χ4n) is 3.10. The van der Waals surface area contributed by atoms with Gasteiger partial charge in [0.25, 0.3) is 0 Å². The van der Waals surface area contributed by atoms with Crippen LogP contribution in [0.1, 0.15) is 44.0 Å². The minimum Gasteiger partial charge on any atom is -0.302 e. The van der Waals surface area contributed by atoms with Crippen LogP contribution in [-0.2, 0) is 5.92 Å². The van der Waals surface area contributed by atoms with Crippen LogP contribution in [0.4, 0.5) is 22.0 Å². The average Bonchev–Trinajstić information content (AvgIpc) is 3.01. The summed E-state index contributed by atoms with van der Waals surface area (Å²) in [5, 5.41) is 6.92. The van der Waals surface area contributed by atoms with Crippen LogP contribution in [0.5, 0.6) is 0 Å². The van der Waals surface area contributed by atoms with Gasteiger partial charge in [-0.3, -0.25) is 0 Å². The van der Waals surface area contributed by atoms with Crippen molar-refractivity contribution < 1.29 is 22.0 Å². The third-order valence-electron chi connectivity index (χ3n) is 4.30. The van der Waals surface area contributed by atoms with E-state index in [0.29, 0.717) is 18.4 Å². The van der Waals surface area contributed by atoms with E-state index >= 15 is 0 Å². The minimum absolute atomic E-state index is 0.0569. The largest absolute Gasteiger partial charge is 0.461 e. The van der Waals surface area contributed by atoms with Gasteiger partial charge in [-0.15, -0.1) is 10.2 Å². The molecule has 1 fully saturated rings. The quantitative estimate of drug-likeness (QED) is 0.724. The maximum Gasteiger partial charge on any atom is 0.461 e. The first-order valence-corrected chi connectivity index (χ1v) is 7.77. The van der Waals surface area contributed by atoms with Gasteiger partial charge in [0, 0.05) is 11.6 Å². The predicted molar refractivity (Wildman–Crippen MR) is 77.5 cm³/mol. The number of aromatic nitrogens is 3. The fourth-order valence-corrected chi connectivity index (χ4v) is 3.10. The van der Waals surface area contributed by atoms with Crippen LogP contribution < -0.4 is 0 Å². The highest BCUT2D eigenvalue weighted by atomic mass is 19.4. The van der Waals surface area contributed by atoms with E-state index in [1.807, 2.05) is 0 Å². The smallest absolute Gasteiger partial charge is 0.302 e. The number of alkyl halides is 5. The molecule has 1 aliphatic carbocycles. The van der Waals surface area contributed by atoms with Crippen LogP contribution in [0, 0.1) is 0 Å². The fraction of sp³-hybridized carbons (Fsp3) is 0.500. The summed E-state index contributed by atoms with van der Waals surface area (Å²) in [6.07, 6.45) is -2.11. The van der Waals surface area contributed by atoms with Gasteiger partial charge in [0.2, 0.25) is 5.82 Å². The molecule has 0 atom stereocenters. The van der Waals surface area contributed by atoms with Crippen LogP contribution in [0.2, 0.25) is 0 Å². The Labute approximate surface area is 135 Å². The summed E-state index contributed by atoms with van der Waals surface area (Å²) >= 11 is 0. The predicted octanol–water partition coefficient (Wildman–Crippen LogP) is 5.10. The van der Waals surface area contributed by atoms with Gasteiger partial charge in [0.15, 0.2) is 5.82 Å². The second kappa shape index (κ2) is 6.14. The molecule has 1 aliphatic rings. The molecule has 0 saturated heterocycles. The van der Waals surface area contributed by atoms with Crippen molar-refractivity contribution in [1.29, 1.82) is 0 Å². The molecule has 2 aromatic rings. The molecule has 24 heavy (non-hydrogen) atoms. The second-order valence-electron chi connectivity index (χ2n) is 5.95. The SMILES string of the molecule is FC(F)(F)C(F)(F)c1nnc(-c2ccccc2)n1C1CCCCC1. The Kier molecular flexibility index (Phi) is 4.31. The topological polar surface area (TPSA) is 30.7 Å². The number of rotatable bonds is 3. The van der Waals surface area contributed by atoms with Crippen LogP contribution in [0.15, 0.2) is 30.3 Å². The lowest BCUT2D eigenvalue weighted by Crippen LogP contribution is -2.37. The van der Waals surface area contributed by atoms with E-state index in [4.69, 9.17) is 0 Å². The zero-order valence-corrected chi connectivity index (χ0v) is 12.7. The van der Waals surface area contributed by atoms with Crippen molar-refractivity contribution in [3.63, 3.8) is 0 Å². The zero-order chi connectivity index (χ0) is 17.4. The number of hydrogen-bond donors (Lipinski definition) is 0. The van der Waals surface area contributed by atoms with Crippen molar-refractivity contribution in [1.82, 2.24) is 14.8 Å². The highest BCUT2D eigenvalue weighted by Gasteiger charge is 2.62. The standard InChI is InChI=1S/C16H16F5N3/c17-15(18,16(19,20)21)14-23-22-13(11-7-3-1-4-8-11)24(14)12-9-5-2-6-10-12/h1,3-4,7-8,12H,2,5-6,9-10H2. The van der Waals surface area contributed by atoms with Gasteiger partial charge in [0.05, 0.1) is 0 Å². The summed E-state index contributed by atoms with van der Waals surface area (Å²) in [6, 6.07) is 7.88. The molecule has 0 unspecified atom stereocenters. The summed E-state index contributed by atoms with van der Waals surface area (Å²) in [4.78, 5) is 0. The van der Waals surface area contributed by atoms with E-state index in [1.165, 1.54) is 0 Å². The van der Waals surface area contributed by atoms with Gasteiger partial charge in [-0.25, -0.2) is 0 Å². The van der Waals surface area contributed by atoms with Gasteiger partial charge in [-0.05, 0) is 12.8 Å². The van der Waals surface area contributed by atoms with Crippen molar-refractivity contribution in [2.45, 2.75) is 50.2 Å². The molecule has 0 amide bonds. The second-order valence-corrected chi connectivity index (χ2v) is 5.95. The minimum atomic E-state index is -5.71. The third-order valence-corrected chi connectivity index (χ3v) is 4.30. The van der Waals surface area contributed by atoms with E-state index in [0.717, 1.165) is 23.8 Å². The molecular formula is C16H16F5N3. The Morgan fingerprint density at radius 1 is 0.875 bits per heavy atom. The van der Waals surface area contributed by atoms with Gasteiger partial charge in [-0.2, -0.15) is 22.0 Å². The Bertz CT molecular complexity index is 687. The molecule has 1 aromatic carbocycles. The van der Waals surface area contributed by atoms with Crippen molar-refractivity contribution in [2.24, 2.45) is 0 Å². The maximum atomic E-state index is 14.0. The van der Waals surface area contributed by atoms with Crippen LogP contribution in [0.3, 0.4) is 0 Å². The Balaban J connectivity index is 2.15. The van der Waals surface area contributed by atoms with Crippen molar-refractivity contribution in [3.8, 4) is 11.4 Å². The highest BCUT2D eigenvalue weighted by molar-refractivity contribution is 5.55. The Hall–Kier alpha value is -1.99. The van der Waals surface area contributed by atoms with Crippen LogP contribution >= 0.6 is 0 Å². The van der Waals surface area contributed by atoms with E-state index < -0.39 is 24.0 Å².